The largest absolute Gasteiger partial charge is 0.481 e. The number of ether oxygens (including phenoxy) is 1. The van der Waals surface area contributed by atoms with Crippen LogP contribution in [0, 0.1) is 5.92 Å². The van der Waals surface area contributed by atoms with Gasteiger partial charge >= 0.3 is 32.7 Å². The van der Waals surface area contributed by atoms with E-state index in [4.69, 9.17) is 28.5 Å². The molecule has 0 aliphatic carbocycles. The van der Waals surface area contributed by atoms with Crippen molar-refractivity contribution in [2.24, 2.45) is 5.92 Å². The highest BCUT2D eigenvalue weighted by Gasteiger charge is 2.32. The molecule has 5 N–H and O–H groups in total. The fourth-order valence-electron chi connectivity index (χ4n) is 4.62. The number of alkyl halides is 3. The number of hydrogen-bond donors (Lipinski definition) is 5. The number of halogens is 3. The van der Waals surface area contributed by atoms with E-state index in [1.165, 1.54) is 20.0 Å². The van der Waals surface area contributed by atoms with E-state index in [1.54, 1.807) is 24.3 Å². The highest BCUT2D eigenvalue weighted by Crippen LogP contribution is 2.39. The first kappa shape index (κ1) is 46.8. The predicted molar refractivity (Wildman–Crippen MR) is 206 cm³/mol. The molecule has 2 aromatic carbocycles. The summed E-state index contributed by atoms with van der Waals surface area (Å²) in [5.41, 5.74) is -0.730. The quantitative estimate of drug-likeness (QED) is 0.0243. The summed E-state index contributed by atoms with van der Waals surface area (Å²) in [6, 6.07) is 9.28. The SMILES string of the molecule is CC(CCC(=O)O)C(=O)O.CCOP(OCC)OCCCCOC(=O)c1ccc(C(F)(F)F)cc1Nc1nc2ncc(CNc3ccc(C(C)=O)cc3)nc2c(=O)[nH]1. The maximum Gasteiger partial charge on any atom is 0.416 e. The number of unbranched alkanes of at least 4 members (excludes halogenated alkanes) is 1. The Morgan fingerprint density at radius 3 is 2.22 bits per heavy atom. The van der Waals surface area contributed by atoms with Crippen LogP contribution < -0.4 is 16.2 Å². The molecular formula is C37H44F3N6O11P. The maximum atomic E-state index is 13.6. The standard InChI is InChI=1S/C31H34F3N6O7P.C6H10O4/c1-4-45-48(46-5-2)47-15-7-6-14-44-29(43)24-13-10-21(31(32,33)34)16-25(24)38-30-39-27-26(28(42)40-30)37-23(18-36-27)17-35-22-11-8-20(9-12-22)19(3)41;1-4(6(9)10)2-3-5(7)8/h8-13,16,18,35H,4-7,14-15,17H2,1-3H3,(H2,36,38,39,40,42);4H,2-3H2,1H3,(H,7,8)(H,9,10). The molecule has 58 heavy (non-hydrogen) atoms. The summed E-state index contributed by atoms with van der Waals surface area (Å²) in [6.45, 7) is 7.94. The van der Waals surface area contributed by atoms with E-state index in [9.17, 15) is 37.1 Å². The van der Waals surface area contributed by atoms with E-state index >= 15 is 0 Å². The molecule has 0 radical (unpaired) electrons. The summed E-state index contributed by atoms with van der Waals surface area (Å²) >= 11 is 0. The normalized spacial score (nSPS) is 11.7. The number of esters is 1. The number of hydrogen-bond acceptors (Lipinski definition) is 14. The van der Waals surface area contributed by atoms with E-state index in [2.05, 4.69) is 30.6 Å². The average molecular weight is 837 g/mol. The van der Waals surface area contributed by atoms with Gasteiger partial charge in [-0.25, -0.2) is 14.8 Å². The molecule has 0 amide bonds. The molecule has 1 unspecified atom stereocenters. The van der Waals surface area contributed by atoms with Crippen LogP contribution in [0.25, 0.3) is 11.2 Å². The molecular weight excluding hydrogens is 792 g/mol. The molecule has 0 fully saturated rings. The van der Waals surface area contributed by atoms with Gasteiger partial charge in [-0.1, -0.05) is 6.92 Å². The number of fused-ring (bicyclic) bond motifs is 1. The zero-order valence-electron chi connectivity index (χ0n) is 32.1. The monoisotopic (exact) mass is 836 g/mol. The van der Waals surface area contributed by atoms with Gasteiger partial charge in [0, 0.05) is 17.7 Å². The zero-order chi connectivity index (χ0) is 42.8. The summed E-state index contributed by atoms with van der Waals surface area (Å²) in [4.78, 5) is 72.5. The lowest BCUT2D eigenvalue weighted by Crippen LogP contribution is -2.17. The number of carboxylic acids is 2. The topological polar surface area (TPSA) is 241 Å². The van der Waals surface area contributed by atoms with Gasteiger partial charge in [-0.2, -0.15) is 18.2 Å². The summed E-state index contributed by atoms with van der Waals surface area (Å²) in [6.07, 6.45) is -2.27. The Morgan fingerprint density at radius 2 is 1.62 bits per heavy atom. The first-order valence-electron chi connectivity index (χ1n) is 17.9. The van der Waals surface area contributed by atoms with Gasteiger partial charge < -0.3 is 39.2 Å². The van der Waals surface area contributed by atoms with Crippen LogP contribution in [0.3, 0.4) is 0 Å². The Hall–Kier alpha value is -5.56. The Morgan fingerprint density at radius 1 is 0.948 bits per heavy atom. The van der Waals surface area contributed by atoms with Crippen molar-refractivity contribution in [2.45, 2.75) is 66.1 Å². The summed E-state index contributed by atoms with van der Waals surface area (Å²) in [7, 11) is -1.46. The molecule has 0 saturated carbocycles. The molecule has 0 aliphatic heterocycles. The minimum atomic E-state index is -4.71. The Bertz CT molecular complexity index is 2060. The van der Waals surface area contributed by atoms with Crippen molar-refractivity contribution in [1.29, 1.82) is 0 Å². The summed E-state index contributed by atoms with van der Waals surface area (Å²) in [5.74, 6) is -3.65. The molecule has 0 saturated heterocycles. The Balaban J connectivity index is 0.000000793. The van der Waals surface area contributed by atoms with Crippen molar-refractivity contribution in [2.75, 3.05) is 37.1 Å². The average Bonchev–Trinajstić information content (AvgIpc) is 3.17. The van der Waals surface area contributed by atoms with Crippen molar-refractivity contribution >= 4 is 60.8 Å². The minimum absolute atomic E-state index is 0.0224. The van der Waals surface area contributed by atoms with E-state index in [-0.39, 0.29) is 60.1 Å². The van der Waals surface area contributed by atoms with Crippen molar-refractivity contribution in [3.05, 3.63) is 81.4 Å². The van der Waals surface area contributed by atoms with Crippen LogP contribution in [0.5, 0.6) is 0 Å². The van der Waals surface area contributed by atoms with Crippen molar-refractivity contribution in [3.63, 3.8) is 0 Å². The van der Waals surface area contributed by atoms with E-state index in [0.29, 0.717) is 49.6 Å². The highest BCUT2D eigenvalue weighted by atomic mass is 31.2. The molecule has 2 heterocycles. The van der Waals surface area contributed by atoms with Gasteiger partial charge in [0.1, 0.15) is 0 Å². The van der Waals surface area contributed by atoms with Gasteiger partial charge in [-0.15, -0.1) is 0 Å². The second-order valence-corrected chi connectivity index (χ2v) is 13.4. The Labute approximate surface area is 331 Å². The molecule has 314 valence electrons. The van der Waals surface area contributed by atoms with E-state index in [1.807, 2.05) is 13.8 Å². The number of aliphatic carboxylic acids is 2. The molecule has 21 heteroatoms. The molecule has 4 aromatic rings. The second kappa shape index (κ2) is 23.0. The summed E-state index contributed by atoms with van der Waals surface area (Å²) < 4.78 is 62.2. The molecule has 2 aromatic heterocycles. The third-order valence-corrected chi connectivity index (χ3v) is 9.03. The smallest absolute Gasteiger partial charge is 0.416 e. The van der Waals surface area contributed by atoms with Gasteiger partial charge in [-0.05, 0) is 82.5 Å². The fourth-order valence-corrected chi connectivity index (χ4v) is 5.54. The lowest BCUT2D eigenvalue weighted by molar-refractivity contribution is -0.142. The molecule has 0 spiro atoms. The van der Waals surface area contributed by atoms with Crippen molar-refractivity contribution in [1.82, 2.24) is 19.9 Å². The molecule has 0 bridgehead atoms. The first-order valence-corrected chi connectivity index (χ1v) is 19.0. The van der Waals surface area contributed by atoms with Gasteiger partial charge in [0.05, 0.1) is 67.6 Å². The number of Topliss-reactive ketones (excluding diaryl/α,β-unsaturated/α-hetero) is 1. The van der Waals surface area contributed by atoms with Crippen LogP contribution in [0.15, 0.2) is 53.5 Å². The van der Waals surface area contributed by atoms with Crippen LogP contribution in [-0.2, 0) is 40.6 Å². The number of aromatic amines is 1. The van der Waals surface area contributed by atoms with Crippen LogP contribution in [0.4, 0.5) is 30.5 Å². The second-order valence-electron chi connectivity index (χ2n) is 12.2. The van der Waals surface area contributed by atoms with Gasteiger partial charge in [0.15, 0.2) is 16.9 Å². The number of benzene rings is 2. The van der Waals surface area contributed by atoms with Crippen molar-refractivity contribution < 1.29 is 60.9 Å². The molecule has 0 aliphatic rings. The van der Waals surface area contributed by atoms with Crippen LogP contribution in [0.1, 0.15) is 85.4 Å². The number of H-pyrrole nitrogens is 1. The van der Waals surface area contributed by atoms with Crippen molar-refractivity contribution in [3.8, 4) is 0 Å². The number of ketones is 1. The fraction of sp³-hybridized carbons (Fsp3) is 0.405. The first-order chi connectivity index (χ1) is 27.5. The van der Waals surface area contributed by atoms with Crippen LogP contribution in [-0.4, -0.2) is 80.3 Å². The molecule has 1 atom stereocenters. The predicted octanol–water partition coefficient (Wildman–Crippen LogP) is 7.12. The van der Waals surface area contributed by atoms with Crippen LogP contribution >= 0.6 is 8.60 Å². The summed E-state index contributed by atoms with van der Waals surface area (Å²) in [5, 5.41) is 22.2. The lowest BCUT2D eigenvalue weighted by atomic mass is 10.1. The lowest BCUT2D eigenvalue weighted by Gasteiger charge is -2.15. The van der Waals surface area contributed by atoms with Gasteiger partial charge in [0.25, 0.3) is 5.56 Å². The number of anilines is 3. The molecule has 4 rings (SSSR count). The molecule has 17 nitrogen and oxygen atoms in total. The highest BCUT2D eigenvalue weighted by molar-refractivity contribution is 7.41. The number of carboxylic acid groups (broad SMARTS) is 2. The van der Waals surface area contributed by atoms with Gasteiger partial charge in [-0.3, -0.25) is 24.2 Å². The number of nitrogens with one attached hydrogen (secondary N) is 3. The van der Waals surface area contributed by atoms with Crippen LogP contribution in [0.2, 0.25) is 0 Å². The third kappa shape index (κ3) is 15.4. The van der Waals surface area contributed by atoms with E-state index < -0.39 is 49.7 Å². The van der Waals surface area contributed by atoms with E-state index in [0.717, 1.165) is 18.2 Å². The minimum Gasteiger partial charge on any atom is -0.481 e. The number of rotatable bonds is 21. The third-order valence-electron chi connectivity index (χ3n) is 7.70. The van der Waals surface area contributed by atoms with Gasteiger partial charge in [0.2, 0.25) is 5.95 Å². The Kier molecular flexibility index (Phi) is 18.6. The maximum absolute atomic E-state index is 13.6. The number of nitrogens with zero attached hydrogens (tertiary/aromatic N) is 3. The number of aromatic nitrogens is 4. The number of carbonyl (C=O) groups is 4. The number of carbonyl (C=O) groups excluding carboxylic acids is 2. The zero-order valence-corrected chi connectivity index (χ0v) is 32.9.